The maximum atomic E-state index is 6.83. The summed E-state index contributed by atoms with van der Waals surface area (Å²) in [5.74, 6) is 2.87. The zero-order valence-electron chi connectivity index (χ0n) is 17.9. The van der Waals surface area contributed by atoms with E-state index < -0.39 is 8.56 Å². The van der Waals surface area contributed by atoms with Gasteiger partial charge < -0.3 is 8.85 Å². The lowest BCUT2D eigenvalue weighted by Crippen LogP contribution is -2.48. The summed E-state index contributed by atoms with van der Waals surface area (Å²) in [6, 6.07) is 18.9. The molecule has 0 saturated carbocycles. The van der Waals surface area contributed by atoms with Crippen molar-refractivity contribution in [1.29, 1.82) is 0 Å². The predicted molar refractivity (Wildman–Crippen MR) is 118 cm³/mol. The minimum absolute atomic E-state index is 0.430. The molecule has 148 valence electrons. The van der Waals surface area contributed by atoms with E-state index in [-0.39, 0.29) is 0 Å². The fraction of sp³-hybridized carbons (Fsp3) is 0.500. The van der Waals surface area contributed by atoms with Gasteiger partial charge in [0.25, 0.3) is 0 Å². The minimum atomic E-state index is -2.43. The highest BCUT2D eigenvalue weighted by Crippen LogP contribution is 2.35. The van der Waals surface area contributed by atoms with E-state index in [0.717, 1.165) is 36.4 Å². The maximum Gasteiger partial charge on any atom is 0.460 e. The van der Waals surface area contributed by atoms with Gasteiger partial charge in [-0.1, -0.05) is 90.8 Å². The largest absolute Gasteiger partial charge is 0.512 e. The molecule has 0 aliphatic rings. The van der Waals surface area contributed by atoms with Crippen molar-refractivity contribution < 1.29 is 8.85 Å². The molecular weight excluding hydrogens is 348 g/mol. The lowest BCUT2D eigenvalue weighted by atomic mass is 10.0. The van der Waals surface area contributed by atoms with Crippen LogP contribution in [0, 0.1) is 0 Å². The van der Waals surface area contributed by atoms with Crippen LogP contribution in [-0.4, -0.2) is 8.56 Å². The van der Waals surface area contributed by atoms with E-state index in [1.165, 1.54) is 11.1 Å². The van der Waals surface area contributed by atoms with E-state index in [4.69, 9.17) is 8.85 Å². The Morgan fingerprint density at radius 2 is 1.04 bits per heavy atom. The molecule has 0 amide bonds. The van der Waals surface area contributed by atoms with Gasteiger partial charge in [0.2, 0.25) is 0 Å². The number of hydrogen-bond acceptors (Lipinski definition) is 2. The van der Waals surface area contributed by atoms with Crippen LogP contribution in [0.1, 0.15) is 77.3 Å². The highest BCUT2D eigenvalue weighted by atomic mass is 28.4. The first-order valence-electron chi connectivity index (χ1n) is 10.5. The third-order valence-electron chi connectivity index (χ3n) is 4.94. The summed E-state index contributed by atoms with van der Waals surface area (Å²) in [7, 11) is -2.43. The Labute approximate surface area is 167 Å². The summed E-state index contributed by atoms with van der Waals surface area (Å²) in [6.45, 7) is 13.3. The standard InChI is InChI=1S/C24H36O2Si/c1-7-17-27(18-8-2,25-23-15-11-9-13-21(23)19(3)4)26-24-16-12-10-14-22(24)20(5)6/h9-16,19-20H,7-8,17-18H2,1-6H3. The molecule has 2 nitrogen and oxygen atoms in total. The van der Waals surface area contributed by atoms with Gasteiger partial charge >= 0.3 is 8.56 Å². The number of para-hydroxylation sites is 2. The molecule has 2 aromatic rings. The first kappa shape index (κ1) is 21.6. The Morgan fingerprint density at radius 1 is 0.667 bits per heavy atom. The molecule has 2 rings (SSSR count). The summed E-state index contributed by atoms with van der Waals surface area (Å²) in [6.07, 6.45) is 2.14. The van der Waals surface area contributed by atoms with E-state index in [0.29, 0.717) is 11.8 Å². The molecule has 0 fully saturated rings. The minimum Gasteiger partial charge on any atom is -0.512 e. The van der Waals surface area contributed by atoms with Crippen molar-refractivity contribution in [2.75, 3.05) is 0 Å². The van der Waals surface area contributed by atoms with Gasteiger partial charge in [-0.25, -0.2) is 0 Å². The SMILES string of the molecule is CCC[Si](CCC)(Oc1ccccc1C(C)C)Oc1ccccc1C(C)C. The number of hydrogen-bond donors (Lipinski definition) is 0. The van der Waals surface area contributed by atoms with Gasteiger partial charge in [-0.2, -0.15) is 0 Å². The first-order chi connectivity index (χ1) is 12.9. The quantitative estimate of drug-likeness (QED) is 0.391. The van der Waals surface area contributed by atoms with Crippen molar-refractivity contribution in [3.05, 3.63) is 59.7 Å². The zero-order valence-corrected chi connectivity index (χ0v) is 18.9. The van der Waals surface area contributed by atoms with Crippen LogP contribution in [0.25, 0.3) is 0 Å². The van der Waals surface area contributed by atoms with Crippen LogP contribution in [-0.2, 0) is 0 Å². The van der Waals surface area contributed by atoms with Gasteiger partial charge in [-0.3, -0.25) is 0 Å². The molecule has 0 N–H and O–H groups in total. The van der Waals surface area contributed by atoms with Gasteiger partial charge in [0.15, 0.2) is 0 Å². The van der Waals surface area contributed by atoms with Gasteiger partial charge in [0.1, 0.15) is 11.5 Å². The second kappa shape index (κ2) is 9.98. The average molecular weight is 385 g/mol. The highest BCUT2D eigenvalue weighted by molar-refractivity contribution is 6.69. The molecule has 3 heteroatoms. The second-order valence-electron chi connectivity index (χ2n) is 8.00. The number of rotatable bonds is 10. The summed E-state index contributed by atoms with van der Waals surface area (Å²) in [5.41, 5.74) is 2.53. The topological polar surface area (TPSA) is 18.5 Å². The third kappa shape index (κ3) is 5.62. The van der Waals surface area contributed by atoms with E-state index in [9.17, 15) is 0 Å². The van der Waals surface area contributed by atoms with Crippen LogP contribution in [0.3, 0.4) is 0 Å². The first-order valence-corrected chi connectivity index (χ1v) is 12.7. The summed E-state index contributed by atoms with van der Waals surface area (Å²) in [4.78, 5) is 0. The van der Waals surface area contributed by atoms with E-state index in [1.807, 2.05) is 0 Å². The Balaban J connectivity index is 2.44. The molecule has 27 heavy (non-hydrogen) atoms. The molecule has 0 unspecified atom stereocenters. The summed E-state index contributed by atoms with van der Waals surface area (Å²) in [5, 5.41) is 0. The Morgan fingerprint density at radius 3 is 1.37 bits per heavy atom. The van der Waals surface area contributed by atoms with E-state index >= 15 is 0 Å². The lowest BCUT2D eigenvalue weighted by Gasteiger charge is -2.33. The lowest BCUT2D eigenvalue weighted by molar-refractivity contribution is 0.368. The van der Waals surface area contributed by atoms with Crippen molar-refractivity contribution in [2.24, 2.45) is 0 Å². The Hall–Kier alpha value is -1.74. The van der Waals surface area contributed by atoms with E-state index in [2.05, 4.69) is 90.1 Å². The zero-order chi connectivity index (χ0) is 19.9. The molecule has 0 spiro atoms. The van der Waals surface area contributed by atoms with Crippen molar-refractivity contribution in [2.45, 2.75) is 78.3 Å². The molecule has 0 aromatic heterocycles. The normalized spacial score (nSPS) is 11.9. The van der Waals surface area contributed by atoms with Crippen molar-refractivity contribution >= 4 is 8.56 Å². The summed E-state index contributed by atoms with van der Waals surface area (Å²) >= 11 is 0. The number of benzene rings is 2. The second-order valence-corrected chi connectivity index (χ2v) is 11.2. The predicted octanol–water partition coefficient (Wildman–Crippen LogP) is 7.65. The third-order valence-corrected chi connectivity index (χ3v) is 8.64. The van der Waals surface area contributed by atoms with Gasteiger partial charge in [0.05, 0.1) is 0 Å². The van der Waals surface area contributed by atoms with Crippen LogP contribution < -0.4 is 8.85 Å². The molecule has 2 aromatic carbocycles. The van der Waals surface area contributed by atoms with Gasteiger partial charge in [0, 0.05) is 12.1 Å². The van der Waals surface area contributed by atoms with Gasteiger partial charge in [-0.15, -0.1) is 0 Å². The van der Waals surface area contributed by atoms with Crippen LogP contribution in [0.2, 0.25) is 12.1 Å². The molecule has 0 bridgehead atoms. The van der Waals surface area contributed by atoms with Crippen molar-refractivity contribution in [1.82, 2.24) is 0 Å². The highest BCUT2D eigenvalue weighted by Gasteiger charge is 2.41. The Bertz CT molecular complexity index is 648. The summed E-state index contributed by atoms with van der Waals surface area (Å²) < 4.78 is 13.7. The fourth-order valence-electron chi connectivity index (χ4n) is 3.61. The molecule has 0 aliphatic carbocycles. The van der Waals surface area contributed by atoms with Crippen molar-refractivity contribution in [3.63, 3.8) is 0 Å². The molecule has 0 aliphatic heterocycles. The van der Waals surface area contributed by atoms with Crippen LogP contribution in [0.5, 0.6) is 11.5 Å². The van der Waals surface area contributed by atoms with Crippen molar-refractivity contribution in [3.8, 4) is 11.5 Å². The van der Waals surface area contributed by atoms with E-state index in [1.54, 1.807) is 0 Å². The molecule has 0 saturated heterocycles. The maximum absolute atomic E-state index is 6.83. The monoisotopic (exact) mass is 384 g/mol. The molecule has 0 atom stereocenters. The van der Waals surface area contributed by atoms with Crippen LogP contribution >= 0.6 is 0 Å². The molecule has 0 heterocycles. The molecule has 0 radical (unpaired) electrons. The van der Waals surface area contributed by atoms with Gasteiger partial charge in [-0.05, 0) is 35.1 Å². The Kier molecular flexibility index (Phi) is 7.97. The smallest absolute Gasteiger partial charge is 0.460 e. The molecular formula is C24H36O2Si. The van der Waals surface area contributed by atoms with Crippen LogP contribution in [0.15, 0.2) is 48.5 Å². The fourth-order valence-corrected chi connectivity index (χ4v) is 7.01. The van der Waals surface area contributed by atoms with Crippen LogP contribution in [0.4, 0.5) is 0 Å². The average Bonchev–Trinajstić information content (AvgIpc) is 2.62.